The van der Waals surface area contributed by atoms with E-state index in [1.807, 2.05) is 35.7 Å². The van der Waals surface area contributed by atoms with Crippen LogP contribution in [0.3, 0.4) is 0 Å². The van der Waals surface area contributed by atoms with Crippen LogP contribution in [0.4, 0.5) is 0 Å². The molecule has 3 heterocycles. The van der Waals surface area contributed by atoms with Gasteiger partial charge in [-0.25, -0.2) is 0 Å². The van der Waals surface area contributed by atoms with E-state index >= 15 is 0 Å². The summed E-state index contributed by atoms with van der Waals surface area (Å²) < 4.78 is 5.48. The van der Waals surface area contributed by atoms with Gasteiger partial charge in [0.1, 0.15) is 5.75 Å². The lowest BCUT2D eigenvalue weighted by atomic mass is 9.94. The summed E-state index contributed by atoms with van der Waals surface area (Å²) in [6, 6.07) is 13.8. The zero-order chi connectivity index (χ0) is 19.7. The number of thiophene rings is 2. The van der Waals surface area contributed by atoms with Gasteiger partial charge in [0.15, 0.2) is 5.76 Å². The average Bonchev–Trinajstić information content (AvgIpc) is 3.46. The summed E-state index contributed by atoms with van der Waals surface area (Å²) in [5, 5.41) is 14.4. The third-order valence-corrected chi connectivity index (χ3v) is 6.36. The lowest BCUT2D eigenvalue weighted by Crippen LogP contribution is -2.30. The molecule has 0 saturated heterocycles. The lowest BCUT2D eigenvalue weighted by Gasteiger charge is -2.27. The smallest absolute Gasteiger partial charge is 0.290 e. The van der Waals surface area contributed by atoms with Crippen LogP contribution in [-0.4, -0.2) is 28.8 Å². The van der Waals surface area contributed by atoms with Crippen LogP contribution in [0.15, 0.2) is 70.6 Å². The van der Waals surface area contributed by atoms with E-state index in [4.69, 9.17) is 4.74 Å². The number of methoxy groups -OCH3 is 1. The molecular formula is C21H17NO4S2. The molecule has 1 N–H and O–H groups in total. The average molecular weight is 412 g/mol. The number of carbonyl (C=O) groups excluding carboxylic acids is 2. The van der Waals surface area contributed by atoms with Gasteiger partial charge in [-0.2, -0.15) is 0 Å². The Morgan fingerprint density at radius 2 is 1.86 bits per heavy atom. The van der Waals surface area contributed by atoms with Crippen molar-refractivity contribution in [2.24, 2.45) is 0 Å². The fourth-order valence-electron chi connectivity index (χ4n) is 3.38. The molecule has 1 amide bonds. The number of aliphatic hydroxyl groups is 1. The van der Waals surface area contributed by atoms with Crippen LogP contribution in [-0.2, 0) is 11.3 Å². The second kappa shape index (κ2) is 7.61. The molecule has 5 nitrogen and oxygen atoms in total. The number of aliphatic hydroxyl groups excluding tert-OH is 1. The number of ether oxygens (including phenoxy) is 1. The molecule has 3 aromatic rings. The third-order valence-electron chi connectivity index (χ3n) is 4.63. The number of ketones is 1. The van der Waals surface area contributed by atoms with Gasteiger partial charge in [-0.05, 0) is 29.0 Å². The lowest BCUT2D eigenvalue weighted by molar-refractivity contribution is -0.130. The van der Waals surface area contributed by atoms with Crippen molar-refractivity contribution in [3.8, 4) is 5.75 Å². The van der Waals surface area contributed by atoms with Crippen LogP contribution >= 0.6 is 22.7 Å². The van der Waals surface area contributed by atoms with Crippen LogP contribution in [0, 0.1) is 0 Å². The maximum absolute atomic E-state index is 13.2. The number of benzene rings is 1. The van der Waals surface area contributed by atoms with E-state index in [1.54, 1.807) is 30.7 Å². The quantitative estimate of drug-likeness (QED) is 0.602. The number of hydrogen-bond donors (Lipinski definition) is 1. The van der Waals surface area contributed by atoms with Crippen LogP contribution in [0.25, 0.3) is 0 Å². The van der Waals surface area contributed by atoms with E-state index in [0.717, 1.165) is 4.88 Å². The first kappa shape index (κ1) is 18.5. The van der Waals surface area contributed by atoms with Crippen molar-refractivity contribution in [3.63, 3.8) is 0 Å². The minimum atomic E-state index is -0.722. The summed E-state index contributed by atoms with van der Waals surface area (Å²) in [6.07, 6.45) is 0. The van der Waals surface area contributed by atoms with Crippen LogP contribution in [0.5, 0.6) is 5.75 Å². The number of amides is 1. The molecule has 0 bridgehead atoms. The molecule has 0 aliphatic carbocycles. The number of carbonyl (C=O) groups is 2. The summed E-state index contributed by atoms with van der Waals surface area (Å²) in [5.74, 6) is -0.830. The fraction of sp³-hybridized carbons (Fsp3) is 0.143. The molecule has 0 spiro atoms. The highest BCUT2D eigenvalue weighted by Crippen LogP contribution is 2.43. The predicted octanol–water partition coefficient (Wildman–Crippen LogP) is 4.60. The van der Waals surface area contributed by atoms with E-state index in [0.29, 0.717) is 22.7 Å². The van der Waals surface area contributed by atoms with Gasteiger partial charge in [-0.1, -0.05) is 30.3 Å². The second-order valence-electron chi connectivity index (χ2n) is 6.23. The van der Waals surface area contributed by atoms with Crippen LogP contribution < -0.4 is 4.74 Å². The predicted molar refractivity (Wildman–Crippen MR) is 109 cm³/mol. The normalized spacial score (nSPS) is 16.7. The Hall–Kier alpha value is -2.90. The van der Waals surface area contributed by atoms with E-state index < -0.39 is 17.7 Å². The van der Waals surface area contributed by atoms with E-state index in [1.165, 1.54) is 27.6 Å². The molecule has 0 fully saturated rings. The number of Topliss-reactive ketones (excluding diaryl/α,β-unsaturated/α-hetero) is 1. The first-order valence-electron chi connectivity index (χ1n) is 8.59. The number of para-hydroxylation sites is 1. The summed E-state index contributed by atoms with van der Waals surface area (Å²) >= 11 is 2.80. The minimum absolute atomic E-state index is 0.0912. The van der Waals surface area contributed by atoms with Crippen molar-refractivity contribution in [2.75, 3.05) is 7.11 Å². The molecule has 1 unspecified atom stereocenters. The van der Waals surface area contributed by atoms with E-state index in [2.05, 4.69) is 0 Å². The Morgan fingerprint density at radius 1 is 1.11 bits per heavy atom. The Balaban J connectivity index is 1.84. The largest absolute Gasteiger partial charge is 0.503 e. The van der Waals surface area contributed by atoms with Gasteiger partial charge >= 0.3 is 0 Å². The van der Waals surface area contributed by atoms with Crippen molar-refractivity contribution in [3.05, 3.63) is 85.9 Å². The van der Waals surface area contributed by atoms with Crippen molar-refractivity contribution in [2.45, 2.75) is 12.6 Å². The molecule has 1 atom stereocenters. The highest BCUT2D eigenvalue weighted by molar-refractivity contribution is 7.12. The standard InChI is InChI=1S/C21H17NO4S2/c1-26-15-8-3-2-7-14(15)18-17(19(23)16-9-5-11-28-16)20(24)21(25)22(18)12-13-6-4-10-27-13/h2-11,18,24H,12H2,1H3. The monoisotopic (exact) mass is 411 g/mol. The minimum Gasteiger partial charge on any atom is -0.503 e. The van der Waals surface area contributed by atoms with E-state index in [-0.39, 0.29) is 11.4 Å². The van der Waals surface area contributed by atoms with E-state index in [9.17, 15) is 14.7 Å². The van der Waals surface area contributed by atoms with Crippen LogP contribution in [0.1, 0.15) is 26.2 Å². The van der Waals surface area contributed by atoms with Crippen molar-refractivity contribution < 1.29 is 19.4 Å². The molecule has 142 valence electrons. The van der Waals surface area contributed by atoms with Crippen molar-refractivity contribution in [1.82, 2.24) is 4.90 Å². The van der Waals surface area contributed by atoms with Gasteiger partial charge < -0.3 is 14.7 Å². The molecule has 28 heavy (non-hydrogen) atoms. The van der Waals surface area contributed by atoms with Gasteiger partial charge in [0.2, 0.25) is 5.78 Å². The van der Waals surface area contributed by atoms with Gasteiger partial charge in [0.25, 0.3) is 5.91 Å². The molecule has 2 aromatic heterocycles. The summed E-state index contributed by atoms with van der Waals surface area (Å²) in [5.41, 5.74) is 0.757. The van der Waals surface area contributed by atoms with Gasteiger partial charge in [-0.3, -0.25) is 9.59 Å². The third kappa shape index (κ3) is 3.12. The van der Waals surface area contributed by atoms with Crippen molar-refractivity contribution >= 4 is 34.4 Å². The maximum atomic E-state index is 13.2. The zero-order valence-corrected chi connectivity index (χ0v) is 16.6. The first-order valence-corrected chi connectivity index (χ1v) is 10.4. The maximum Gasteiger partial charge on any atom is 0.290 e. The first-order chi connectivity index (χ1) is 13.6. The molecule has 4 rings (SSSR count). The molecule has 7 heteroatoms. The Morgan fingerprint density at radius 3 is 2.54 bits per heavy atom. The number of nitrogens with zero attached hydrogens (tertiary/aromatic N) is 1. The summed E-state index contributed by atoms with van der Waals surface area (Å²) in [6.45, 7) is 0.296. The second-order valence-corrected chi connectivity index (χ2v) is 8.21. The molecule has 0 saturated carbocycles. The Kier molecular flexibility index (Phi) is 5.02. The van der Waals surface area contributed by atoms with Crippen molar-refractivity contribution in [1.29, 1.82) is 0 Å². The highest BCUT2D eigenvalue weighted by atomic mass is 32.1. The molecule has 1 aliphatic rings. The van der Waals surface area contributed by atoms with Gasteiger partial charge in [0, 0.05) is 10.4 Å². The van der Waals surface area contributed by atoms with Gasteiger partial charge in [0.05, 0.1) is 30.1 Å². The summed E-state index contributed by atoms with van der Waals surface area (Å²) in [7, 11) is 1.55. The van der Waals surface area contributed by atoms with Gasteiger partial charge in [-0.15, -0.1) is 22.7 Å². The summed E-state index contributed by atoms with van der Waals surface area (Å²) in [4.78, 5) is 29.1. The van der Waals surface area contributed by atoms with Crippen LogP contribution in [0.2, 0.25) is 0 Å². The zero-order valence-electron chi connectivity index (χ0n) is 15.0. The fourth-order valence-corrected chi connectivity index (χ4v) is 4.76. The SMILES string of the molecule is COc1ccccc1C1C(C(=O)c2cccs2)=C(O)C(=O)N1Cc1cccs1. The molecule has 1 aliphatic heterocycles. The molecular weight excluding hydrogens is 394 g/mol. The highest BCUT2D eigenvalue weighted by Gasteiger charge is 2.45. The Labute approximate surface area is 170 Å². The topological polar surface area (TPSA) is 66.8 Å². The Bertz CT molecular complexity index is 1040. The number of rotatable bonds is 6. The molecule has 1 aromatic carbocycles. The number of hydrogen-bond acceptors (Lipinski definition) is 6. The molecule has 0 radical (unpaired) electrons.